The van der Waals surface area contributed by atoms with E-state index in [4.69, 9.17) is 0 Å². The van der Waals surface area contributed by atoms with Crippen molar-refractivity contribution in [2.75, 3.05) is 0 Å². The average Bonchev–Trinajstić information content (AvgIpc) is 2.84. The second kappa shape index (κ2) is 5.50. The minimum absolute atomic E-state index is 0.0159. The molecule has 2 heterocycles. The molecule has 0 spiro atoms. The van der Waals surface area contributed by atoms with E-state index in [2.05, 4.69) is 10.4 Å². The van der Waals surface area contributed by atoms with Gasteiger partial charge in [0.25, 0.3) is 0 Å². The lowest BCUT2D eigenvalue weighted by atomic mass is 9.87. The molecule has 1 aromatic rings. The van der Waals surface area contributed by atoms with Crippen molar-refractivity contribution >= 4 is 11.8 Å². The predicted molar refractivity (Wildman–Crippen MR) is 79.2 cm³/mol. The molecule has 2 rings (SSSR count). The summed E-state index contributed by atoms with van der Waals surface area (Å²) in [7, 11) is 1.84. The molecule has 6 nitrogen and oxygen atoms in total. The van der Waals surface area contributed by atoms with E-state index in [0.29, 0.717) is 13.0 Å². The van der Waals surface area contributed by atoms with Crippen LogP contribution in [-0.2, 0) is 23.2 Å². The summed E-state index contributed by atoms with van der Waals surface area (Å²) in [6, 6.07) is -0.450. The number of hydrogen-bond acceptors (Lipinski definition) is 3. The molecule has 1 N–H and O–H groups in total. The molecular weight excluding hydrogens is 268 g/mol. The highest BCUT2D eigenvalue weighted by molar-refractivity contribution is 5.99. The maximum Gasteiger partial charge on any atom is 0.246 e. The maximum atomic E-state index is 12.8. The summed E-state index contributed by atoms with van der Waals surface area (Å²) in [4.78, 5) is 27.0. The topological polar surface area (TPSA) is 67.2 Å². The van der Waals surface area contributed by atoms with Crippen LogP contribution < -0.4 is 5.32 Å². The highest BCUT2D eigenvalue weighted by Crippen LogP contribution is 2.28. The van der Waals surface area contributed by atoms with Gasteiger partial charge in [0.05, 0.1) is 6.20 Å². The largest absolute Gasteiger partial charge is 0.342 e. The van der Waals surface area contributed by atoms with Gasteiger partial charge < -0.3 is 10.2 Å². The monoisotopic (exact) mass is 292 g/mol. The Bertz CT molecular complexity index is 552. The first kappa shape index (κ1) is 15.5. The Morgan fingerprint density at radius 2 is 2.10 bits per heavy atom. The number of piperazine rings is 1. The van der Waals surface area contributed by atoms with Gasteiger partial charge in [-0.2, -0.15) is 5.10 Å². The zero-order chi connectivity index (χ0) is 15.8. The van der Waals surface area contributed by atoms with Gasteiger partial charge in [0.15, 0.2) is 0 Å². The van der Waals surface area contributed by atoms with Gasteiger partial charge in [0.2, 0.25) is 11.8 Å². The number of nitrogens with zero attached hydrogens (tertiary/aromatic N) is 3. The van der Waals surface area contributed by atoms with Gasteiger partial charge in [-0.15, -0.1) is 0 Å². The molecule has 0 saturated carbocycles. The Labute approximate surface area is 125 Å². The molecule has 1 aliphatic heterocycles. The lowest BCUT2D eigenvalue weighted by molar-refractivity contribution is -0.158. The number of carbonyl (C=O) groups excluding carboxylic acids is 2. The number of hydrogen-bond donors (Lipinski definition) is 1. The third kappa shape index (κ3) is 2.66. The van der Waals surface area contributed by atoms with E-state index >= 15 is 0 Å². The first-order chi connectivity index (χ1) is 9.79. The summed E-state index contributed by atoms with van der Waals surface area (Å²) >= 11 is 0. The smallest absolute Gasteiger partial charge is 0.246 e. The molecule has 0 bridgehead atoms. The van der Waals surface area contributed by atoms with Crippen LogP contribution in [0.15, 0.2) is 12.4 Å². The predicted octanol–water partition coefficient (Wildman–Crippen LogP) is 1.07. The molecule has 0 aliphatic carbocycles. The Balaban J connectivity index is 2.34. The van der Waals surface area contributed by atoms with E-state index in [9.17, 15) is 9.59 Å². The third-order valence-corrected chi connectivity index (χ3v) is 4.36. The van der Waals surface area contributed by atoms with Crippen LogP contribution in [0.5, 0.6) is 0 Å². The first-order valence-electron chi connectivity index (χ1n) is 7.39. The standard InChI is InChI=1S/C15H24N4O2/c1-6-15(4)14(21)17-12(10(2)3)13(20)19(15)9-11-7-16-18(5)8-11/h7-8,10,12H,6,9H2,1-5H3,(H,17,21). The van der Waals surface area contributed by atoms with E-state index in [1.54, 1.807) is 15.8 Å². The summed E-state index contributed by atoms with van der Waals surface area (Å²) in [5, 5.41) is 7.01. The molecular formula is C15H24N4O2. The molecule has 0 radical (unpaired) electrons. The zero-order valence-corrected chi connectivity index (χ0v) is 13.4. The molecule has 1 aromatic heterocycles. The van der Waals surface area contributed by atoms with Crippen LogP contribution in [0.1, 0.15) is 39.7 Å². The minimum Gasteiger partial charge on any atom is -0.342 e. The van der Waals surface area contributed by atoms with Crippen LogP contribution >= 0.6 is 0 Å². The van der Waals surface area contributed by atoms with Crippen molar-refractivity contribution in [2.45, 2.75) is 52.2 Å². The fourth-order valence-electron chi connectivity index (χ4n) is 2.68. The zero-order valence-electron chi connectivity index (χ0n) is 13.4. The quantitative estimate of drug-likeness (QED) is 0.902. The SMILES string of the molecule is CCC1(C)C(=O)NC(C(C)C)C(=O)N1Cc1cnn(C)c1. The van der Waals surface area contributed by atoms with Crippen LogP contribution in [0.4, 0.5) is 0 Å². The second-order valence-corrected chi connectivity index (χ2v) is 6.27. The Kier molecular flexibility index (Phi) is 4.07. The number of amides is 2. The van der Waals surface area contributed by atoms with Crippen LogP contribution in [0.25, 0.3) is 0 Å². The van der Waals surface area contributed by atoms with Crippen molar-refractivity contribution in [1.29, 1.82) is 0 Å². The van der Waals surface area contributed by atoms with E-state index in [1.807, 2.05) is 40.9 Å². The van der Waals surface area contributed by atoms with Crippen LogP contribution in [0, 0.1) is 5.92 Å². The average molecular weight is 292 g/mol. The Morgan fingerprint density at radius 1 is 1.43 bits per heavy atom. The highest BCUT2D eigenvalue weighted by Gasteiger charge is 2.48. The van der Waals surface area contributed by atoms with Crippen LogP contribution in [0.2, 0.25) is 0 Å². The molecule has 1 fully saturated rings. The molecule has 2 amide bonds. The Morgan fingerprint density at radius 3 is 2.57 bits per heavy atom. The number of nitrogens with one attached hydrogen (secondary N) is 1. The number of rotatable bonds is 4. The molecule has 2 atom stereocenters. The summed E-state index contributed by atoms with van der Waals surface area (Å²) in [5.41, 5.74) is 0.126. The molecule has 6 heteroatoms. The number of aromatic nitrogens is 2. The molecule has 1 saturated heterocycles. The highest BCUT2D eigenvalue weighted by atomic mass is 16.2. The second-order valence-electron chi connectivity index (χ2n) is 6.27. The number of carbonyl (C=O) groups is 2. The van der Waals surface area contributed by atoms with Crippen molar-refractivity contribution in [1.82, 2.24) is 20.0 Å². The van der Waals surface area contributed by atoms with Gasteiger partial charge in [0.1, 0.15) is 11.6 Å². The van der Waals surface area contributed by atoms with E-state index in [1.165, 1.54) is 0 Å². The number of aryl methyl sites for hydroxylation is 1. The molecule has 2 unspecified atom stereocenters. The van der Waals surface area contributed by atoms with Gasteiger partial charge in [-0.05, 0) is 19.3 Å². The molecule has 1 aliphatic rings. The van der Waals surface area contributed by atoms with E-state index in [-0.39, 0.29) is 17.7 Å². The lowest BCUT2D eigenvalue weighted by Gasteiger charge is -2.46. The maximum absolute atomic E-state index is 12.8. The fraction of sp³-hybridized carbons (Fsp3) is 0.667. The van der Waals surface area contributed by atoms with Gasteiger partial charge in [-0.3, -0.25) is 14.3 Å². The summed E-state index contributed by atoms with van der Waals surface area (Å²) in [6.45, 7) is 8.05. The van der Waals surface area contributed by atoms with Crippen LogP contribution in [-0.4, -0.2) is 38.1 Å². The molecule has 116 valence electrons. The summed E-state index contributed by atoms with van der Waals surface area (Å²) < 4.78 is 1.70. The van der Waals surface area contributed by atoms with Gasteiger partial charge in [-0.25, -0.2) is 0 Å². The Hall–Kier alpha value is -1.85. The summed E-state index contributed by atoms with van der Waals surface area (Å²) in [5.74, 6) is -0.0238. The van der Waals surface area contributed by atoms with Gasteiger partial charge in [0, 0.05) is 25.4 Å². The van der Waals surface area contributed by atoms with Crippen molar-refractivity contribution in [3.8, 4) is 0 Å². The van der Waals surface area contributed by atoms with Crippen molar-refractivity contribution < 1.29 is 9.59 Å². The molecule has 21 heavy (non-hydrogen) atoms. The van der Waals surface area contributed by atoms with Gasteiger partial charge in [-0.1, -0.05) is 20.8 Å². The van der Waals surface area contributed by atoms with Gasteiger partial charge >= 0.3 is 0 Å². The fourth-order valence-corrected chi connectivity index (χ4v) is 2.68. The van der Waals surface area contributed by atoms with Crippen molar-refractivity contribution in [3.05, 3.63) is 18.0 Å². The lowest BCUT2D eigenvalue weighted by Crippen LogP contribution is -2.69. The van der Waals surface area contributed by atoms with Crippen molar-refractivity contribution in [3.63, 3.8) is 0 Å². The summed E-state index contributed by atoms with van der Waals surface area (Å²) in [6.07, 6.45) is 4.19. The van der Waals surface area contributed by atoms with E-state index < -0.39 is 11.6 Å². The van der Waals surface area contributed by atoms with E-state index in [0.717, 1.165) is 5.56 Å². The third-order valence-electron chi connectivity index (χ3n) is 4.36. The van der Waals surface area contributed by atoms with Crippen molar-refractivity contribution in [2.24, 2.45) is 13.0 Å². The molecule has 0 aromatic carbocycles. The van der Waals surface area contributed by atoms with Crippen LogP contribution in [0.3, 0.4) is 0 Å². The minimum atomic E-state index is -0.807. The first-order valence-corrected chi connectivity index (χ1v) is 7.39. The normalized spacial score (nSPS) is 26.4.